The first-order valence-corrected chi connectivity index (χ1v) is 14.5. The fourth-order valence-corrected chi connectivity index (χ4v) is 8.26. The van der Waals surface area contributed by atoms with E-state index in [1.807, 2.05) is 0 Å². The molecule has 0 unspecified atom stereocenters. The summed E-state index contributed by atoms with van der Waals surface area (Å²) in [6.45, 7) is 3.44. The lowest BCUT2D eigenvalue weighted by molar-refractivity contribution is -0.140. The van der Waals surface area contributed by atoms with E-state index in [2.05, 4.69) is 0 Å². The summed E-state index contributed by atoms with van der Waals surface area (Å²) in [6.07, 6.45) is 1.49. The quantitative estimate of drug-likeness (QED) is 0.119. The molecule has 1 N–H and O–H groups in total. The van der Waals surface area contributed by atoms with E-state index >= 15 is 8.78 Å². The first kappa shape index (κ1) is 30.5. The van der Waals surface area contributed by atoms with Gasteiger partial charge >= 0.3 is 0 Å². The van der Waals surface area contributed by atoms with Crippen LogP contribution in [0, 0.1) is 53.8 Å². The van der Waals surface area contributed by atoms with Crippen molar-refractivity contribution in [2.75, 3.05) is 11.4 Å². The van der Waals surface area contributed by atoms with Gasteiger partial charge in [0.2, 0.25) is 17.6 Å². The molecule has 3 fully saturated rings. The summed E-state index contributed by atoms with van der Waals surface area (Å²) in [5.41, 5.74) is -1.29. The fraction of sp³-hybridized carbons (Fsp3) is 0.400. The second-order valence-electron chi connectivity index (χ2n) is 11.5. The minimum atomic E-state index is -2.68. The first-order valence-electron chi connectivity index (χ1n) is 13.8. The standard InChI is InChI=1S/C30H23Cl2F5N2O5/c1-3-9-38-25(41)13-8-7-12-15(16(13)26(38)42)10-29(31)27(43)39(23-21(36)19(34)18(33)20(35)22(23)37)28(44)30(29,32)17(12)14-6-4-5-11(2)24(14)40/h4-7,13,15-17,40H,3,8-10H2,1-2H3/t13-,15+,16-,17+,29+,30-/m0/s1. The number of hydrogen-bond acceptors (Lipinski definition) is 5. The number of fused-ring (bicyclic) bond motifs is 4. The number of imide groups is 2. The lowest BCUT2D eigenvalue weighted by atomic mass is 9.56. The van der Waals surface area contributed by atoms with Gasteiger partial charge in [-0.3, -0.25) is 24.1 Å². The van der Waals surface area contributed by atoms with Crippen molar-refractivity contribution in [2.45, 2.75) is 48.8 Å². The predicted octanol–water partition coefficient (Wildman–Crippen LogP) is 5.37. The Morgan fingerprint density at radius 2 is 1.52 bits per heavy atom. The molecule has 2 aliphatic heterocycles. The molecule has 4 amide bonds. The van der Waals surface area contributed by atoms with Gasteiger partial charge in [0.1, 0.15) is 11.4 Å². The maximum atomic E-state index is 15.1. The summed E-state index contributed by atoms with van der Waals surface area (Å²) in [6, 6.07) is 4.42. The monoisotopic (exact) mass is 656 g/mol. The molecule has 7 nitrogen and oxygen atoms in total. The fourth-order valence-electron chi connectivity index (χ4n) is 7.34. The van der Waals surface area contributed by atoms with Gasteiger partial charge in [0, 0.05) is 18.0 Å². The van der Waals surface area contributed by atoms with Crippen molar-refractivity contribution in [1.82, 2.24) is 4.90 Å². The molecule has 2 aromatic carbocycles. The average Bonchev–Trinajstić information content (AvgIpc) is 3.31. The van der Waals surface area contributed by atoms with E-state index in [1.54, 1.807) is 13.0 Å². The van der Waals surface area contributed by atoms with Crippen LogP contribution in [0.1, 0.15) is 43.2 Å². The number of hydrogen-bond donors (Lipinski definition) is 1. The summed E-state index contributed by atoms with van der Waals surface area (Å²) in [4.78, 5) is 50.7. The van der Waals surface area contributed by atoms with Gasteiger partial charge in [0.15, 0.2) is 33.0 Å². The average molecular weight is 657 g/mol. The van der Waals surface area contributed by atoms with Crippen LogP contribution in [0.15, 0.2) is 29.8 Å². The zero-order valence-corrected chi connectivity index (χ0v) is 24.6. The number of phenols is 1. The number of carbonyl (C=O) groups is 4. The van der Waals surface area contributed by atoms with Crippen LogP contribution in [0.3, 0.4) is 0 Å². The number of aryl methyl sites for hydroxylation is 1. The molecule has 0 bridgehead atoms. The molecule has 4 aliphatic rings. The van der Waals surface area contributed by atoms with E-state index in [0.29, 0.717) is 12.0 Å². The van der Waals surface area contributed by atoms with Crippen LogP contribution in [-0.4, -0.2) is 49.9 Å². The molecule has 2 heterocycles. The normalized spacial score (nSPS) is 31.3. The first-order chi connectivity index (χ1) is 20.6. The van der Waals surface area contributed by atoms with Crippen LogP contribution in [0.4, 0.5) is 27.6 Å². The summed E-state index contributed by atoms with van der Waals surface area (Å²) < 4.78 is 72.6. The number of alkyl halides is 2. The number of rotatable bonds is 4. The van der Waals surface area contributed by atoms with Gasteiger partial charge in [-0.1, -0.05) is 36.8 Å². The van der Waals surface area contributed by atoms with Crippen molar-refractivity contribution >= 4 is 52.5 Å². The lowest BCUT2D eigenvalue weighted by Gasteiger charge is -2.50. The maximum absolute atomic E-state index is 15.1. The van der Waals surface area contributed by atoms with Crippen molar-refractivity contribution in [1.29, 1.82) is 0 Å². The topological polar surface area (TPSA) is 95.0 Å². The van der Waals surface area contributed by atoms with E-state index in [9.17, 15) is 37.5 Å². The highest BCUT2D eigenvalue weighted by Gasteiger charge is 2.77. The van der Waals surface area contributed by atoms with Crippen LogP contribution in [0.5, 0.6) is 5.75 Å². The molecule has 14 heteroatoms. The van der Waals surface area contributed by atoms with Crippen LogP contribution < -0.4 is 4.90 Å². The van der Waals surface area contributed by atoms with Gasteiger partial charge < -0.3 is 5.11 Å². The number of likely N-dealkylation sites (tertiary alicyclic amines) is 1. The molecule has 0 aromatic heterocycles. The van der Waals surface area contributed by atoms with Crippen molar-refractivity contribution in [2.24, 2.45) is 17.8 Å². The predicted molar refractivity (Wildman–Crippen MR) is 146 cm³/mol. The Balaban J connectivity index is 1.61. The maximum Gasteiger partial charge on any atom is 0.258 e. The number of allylic oxidation sites excluding steroid dienone is 2. The summed E-state index contributed by atoms with van der Waals surface area (Å²) in [5.74, 6) is -21.2. The molecule has 2 saturated heterocycles. The van der Waals surface area contributed by atoms with Crippen LogP contribution in [0.2, 0.25) is 0 Å². The third-order valence-corrected chi connectivity index (χ3v) is 10.8. The molecule has 2 aliphatic carbocycles. The van der Waals surface area contributed by atoms with Crippen molar-refractivity contribution in [3.63, 3.8) is 0 Å². The SMILES string of the molecule is CCCN1C(=O)[C@H]2[C@H](CC=C3[C@H]2C[C@@]2(Cl)C(=O)N(c4c(F)c(F)c(F)c(F)c4F)C(=O)[C@@]2(Cl)[C@H]3c2cccc(C)c2O)C1=O. The van der Waals surface area contributed by atoms with E-state index < -0.39 is 98.2 Å². The largest absolute Gasteiger partial charge is 0.507 e. The number of carbonyl (C=O) groups excluding carboxylic acids is 4. The molecular weight excluding hydrogens is 634 g/mol. The highest BCUT2D eigenvalue weighted by Crippen LogP contribution is 2.66. The number of amides is 4. The van der Waals surface area contributed by atoms with Gasteiger partial charge in [-0.15, -0.1) is 23.2 Å². The van der Waals surface area contributed by atoms with Gasteiger partial charge in [0.25, 0.3) is 11.8 Å². The Labute approximate surface area is 257 Å². The smallest absolute Gasteiger partial charge is 0.258 e. The highest BCUT2D eigenvalue weighted by atomic mass is 35.5. The minimum Gasteiger partial charge on any atom is -0.507 e. The van der Waals surface area contributed by atoms with E-state index in [1.165, 1.54) is 25.1 Å². The second kappa shape index (κ2) is 10.00. The van der Waals surface area contributed by atoms with Crippen molar-refractivity contribution in [3.05, 3.63) is 70.1 Å². The Kier molecular flexibility index (Phi) is 6.93. The number of aromatic hydroxyl groups is 1. The highest BCUT2D eigenvalue weighted by molar-refractivity contribution is 6.58. The van der Waals surface area contributed by atoms with Gasteiger partial charge in [-0.05, 0) is 37.7 Å². The summed E-state index contributed by atoms with van der Waals surface area (Å²) in [7, 11) is 0. The van der Waals surface area contributed by atoms with Gasteiger partial charge in [-0.25, -0.2) is 26.9 Å². The van der Waals surface area contributed by atoms with E-state index in [4.69, 9.17) is 23.2 Å². The van der Waals surface area contributed by atoms with Crippen LogP contribution in [-0.2, 0) is 19.2 Å². The molecular formula is C30H23Cl2F5N2O5. The lowest BCUT2D eigenvalue weighted by Crippen LogP contribution is -2.60. The Hall–Kier alpha value is -3.51. The van der Waals surface area contributed by atoms with Gasteiger partial charge in [0.05, 0.1) is 11.8 Å². The Morgan fingerprint density at radius 1 is 0.909 bits per heavy atom. The number of halogens is 7. The molecule has 0 spiro atoms. The number of phenolic OH excluding ortho intramolecular Hbond substituents is 1. The molecule has 6 rings (SSSR count). The Bertz CT molecular complexity index is 1710. The number of anilines is 1. The molecule has 1 saturated carbocycles. The molecule has 232 valence electrons. The third kappa shape index (κ3) is 3.61. The second-order valence-corrected chi connectivity index (χ2v) is 12.8. The zero-order chi connectivity index (χ0) is 32.2. The zero-order valence-electron chi connectivity index (χ0n) is 23.1. The van der Waals surface area contributed by atoms with Crippen LogP contribution in [0.25, 0.3) is 0 Å². The molecule has 44 heavy (non-hydrogen) atoms. The van der Waals surface area contributed by atoms with Crippen molar-refractivity contribution < 1.29 is 46.2 Å². The molecule has 0 radical (unpaired) electrons. The van der Waals surface area contributed by atoms with E-state index in [0.717, 1.165) is 4.90 Å². The molecule has 6 atom stereocenters. The summed E-state index contributed by atoms with van der Waals surface area (Å²) >= 11 is 14.1. The minimum absolute atomic E-state index is 0.0259. The number of nitrogens with zero attached hydrogens (tertiary/aromatic N) is 2. The third-order valence-electron chi connectivity index (χ3n) is 9.34. The van der Waals surface area contributed by atoms with E-state index in [-0.39, 0.29) is 34.8 Å². The van der Waals surface area contributed by atoms with Gasteiger partial charge in [-0.2, -0.15) is 0 Å². The summed E-state index contributed by atoms with van der Waals surface area (Å²) in [5, 5.41) is 11.1. The van der Waals surface area contributed by atoms with Crippen LogP contribution >= 0.6 is 23.2 Å². The Morgan fingerprint density at radius 3 is 2.14 bits per heavy atom. The van der Waals surface area contributed by atoms with Crippen molar-refractivity contribution in [3.8, 4) is 5.75 Å². The molecule has 2 aromatic rings. The number of para-hydroxylation sites is 1. The number of benzene rings is 2.